The minimum Gasteiger partial charge on any atom is -0.465 e. The van der Waals surface area contributed by atoms with Crippen molar-refractivity contribution in [3.05, 3.63) is 65.2 Å². The number of methoxy groups -OCH3 is 1. The van der Waals surface area contributed by atoms with Crippen LogP contribution in [0, 0.1) is 11.3 Å². The summed E-state index contributed by atoms with van der Waals surface area (Å²) in [7, 11) is -2.37. The first-order chi connectivity index (χ1) is 11.0. The number of nitrogens with one attached hydrogen (secondary N) is 1. The highest BCUT2D eigenvalue weighted by Crippen LogP contribution is 2.11. The highest BCUT2D eigenvalue weighted by Gasteiger charge is 2.13. The third-order valence-corrected chi connectivity index (χ3v) is 4.55. The molecule has 6 nitrogen and oxygen atoms in total. The van der Waals surface area contributed by atoms with Gasteiger partial charge in [0.2, 0.25) is 10.0 Å². The van der Waals surface area contributed by atoms with Gasteiger partial charge in [-0.25, -0.2) is 17.9 Å². The summed E-state index contributed by atoms with van der Waals surface area (Å²) >= 11 is 0. The van der Waals surface area contributed by atoms with E-state index in [1.54, 1.807) is 24.3 Å². The fourth-order valence-electron chi connectivity index (χ4n) is 1.85. The van der Waals surface area contributed by atoms with Gasteiger partial charge in [0.25, 0.3) is 0 Å². The molecule has 23 heavy (non-hydrogen) atoms. The van der Waals surface area contributed by atoms with Gasteiger partial charge >= 0.3 is 5.97 Å². The summed E-state index contributed by atoms with van der Waals surface area (Å²) in [5.74, 6) is -0.449. The quantitative estimate of drug-likeness (QED) is 0.844. The molecule has 0 aliphatic heterocycles. The number of hydrogen-bond acceptors (Lipinski definition) is 5. The Kier molecular flexibility index (Phi) is 5.11. The van der Waals surface area contributed by atoms with Gasteiger partial charge in [0.05, 0.1) is 29.2 Å². The zero-order valence-electron chi connectivity index (χ0n) is 12.3. The number of benzene rings is 2. The van der Waals surface area contributed by atoms with E-state index in [9.17, 15) is 13.2 Å². The molecule has 2 rings (SSSR count). The van der Waals surface area contributed by atoms with E-state index in [4.69, 9.17) is 5.26 Å². The van der Waals surface area contributed by atoms with Crippen LogP contribution in [0.5, 0.6) is 0 Å². The predicted octanol–water partition coefficient (Wildman–Crippen LogP) is 1.82. The topological polar surface area (TPSA) is 96.3 Å². The Morgan fingerprint density at radius 2 is 1.74 bits per heavy atom. The Balaban J connectivity index is 2.06. The summed E-state index contributed by atoms with van der Waals surface area (Å²) < 4.78 is 31.4. The maximum Gasteiger partial charge on any atom is 0.337 e. The molecule has 118 valence electrons. The van der Waals surface area contributed by atoms with Crippen molar-refractivity contribution < 1.29 is 17.9 Å². The first kappa shape index (κ1) is 16.7. The van der Waals surface area contributed by atoms with Crippen LogP contribution in [0.4, 0.5) is 0 Å². The lowest BCUT2D eigenvalue weighted by atomic mass is 10.1. The molecule has 0 atom stereocenters. The number of hydrogen-bond donors (Lipinski definition) is 1. The lowest BCUT2D eigenvalue weighted by Gasteiger charge is -2.07. The maximum absolute atomic E-state index is 12.2. The van der Waals surface area contributed by atoms with Crippen LogP contribution < -0.4 is 4.72 Å². The number of sulfonamides is 1. The van der Waals surface area contributed by atoms with Gasteiger partial charge < -0.3 is 4.74 Å². The second kappa shape index (κ2) is 7.05. The molecule has 0 saturated carbocycles. The summed E-state index contributed by atoms with van der Waals surface area (Å²) in [5, 5.41) is 8.71. The van der Waals surface area contributed by atoms with E-state index in [0.29, 0.717) is 16.7 Å². The molecule has 0 fully saturated rings. The monoisotopic (exact) mass is 330 g/mol. The molecule has 0 unspecified atom stereocenters. The van der Waals surface area contributed by atoms with Crippen LogP contribution in [0.1, 0.15) is 21.5 Å². The molecule has 0 spiro atoms. The van der Waals surface area contributed by atoms with Crippen LogP contribution in [0.3, 0.4) is 0 Å². The zero-order chi connectivity index (χ0) is 16.9. The summed E-state index contributed by atoms with van der Waals surface area (Å²) in [6.45, 7) is 0.0871. The molecule has 0 aliphatic carbocycles. The molecular weight excluding hydrogens is 316 g/mol. The van der Waals surface area contributed by atoms with Crippen molar-refractivity contribution in [2.24, 2.45) is 0 Å². The molecule has 0 aliphatic rings. The third kappa shape index (κ3) is 4.16. The van der Waals surface area contributed by atoms with E-state index in [2.05, 4.69) is 9.46 Å². The van der Waals surface area contributed by atoms with Gasteiger partial charge in [0, 0.05) is 6.54 Å². The van der Waals surface area contributed by atoms with Gasteiger partial charge in [-0.3, -0.25) is 0 Å². The second-order valence-corrected chi connectivity index (χ2v) is 6.42. The van der Waals surface area contributed by atoms with E-state index in [-0.39, 0.29) is 11.4 Å². The molecule has 7 heteroatoms. The summed E-state index contributed by atoms with van der Waals surface area (Å²) in [6.07, 6.45) is 0. The van der Waals surface area contributed by atoms with Crippen molar-refractivity contribution in [2.45, 2.75) is 11.4 Å². The average Bonchev–Trinajstić information content (AvgIpc) is 2.60. The van der Waals surface area contributed by atoms with Crippen LogP contribution in [0.25, 0.3) is 0 Å². The average molecular weight is 330 g/mol. The molecule has 2 aromatic rings. The van der Waals surface area contributed by atoms with Gasteiger partial charge in [0.1, 0.15) is 0 Å². The highest BCUT2D eigenvalue weighted by molar-refractivity contribution is 7.89. The van der Waals surface area contributed by atoms with Crippen LogP contribution in [0.2, 0.25) is 0 Å². The molecular formula is C16H14N2O4S. The third-order valence-electron chi connectivity index (χ3n) is 3.14. The summed E-state index contributed by atoms with van der Waals surface area (Å²) in [6, 6.07) is 14.0. The van der Waals surface area contributed by atoms with E-state index in [1.165, 1.54) is 31.4 Å². The van der Waals surface area contributed by atoms with Crippen molar-refractivity contribution in [1.29, 1.82) is 5.26 Å². The Morgan fingerprint density at radius 1 is 1.13 bits per heavy atom. The predicted molar refractivity (Wildman–Crippen MR) is 83.0 cm³/mol. The van der Waals surface area contributed by atoms with Crippen LogP contribution >= 0.6 is 0 Å². The number of rotatable bonds is 5. The van der Waals surface area contributed by atoms with E-state index in [0.717, 1.165) is 0 Å². The largest absolute Gasteiger partial charge is 0.465 e. The number of ether oxygens (including phenoxy) is 1. The molecule has 0 bridgehead atoms. The van der Waals surface area contributed by atoms with E-state index < -0.39 is 16.0 Å². The highest BCUT2D eigenvalue weighted by atomic mass is 32.2. The van der Waals surface area contributed by atoms with Crippen molar-refractivity contribution >= 4 is 16.0 Å². The molecule has 0 radical (unpaired) electrons. The standard InChI is InChI=1S/C16H14N2O4S/c1-22-16(19)14-6-2-13(3-7-14)11-18-23(20,21)15-8-4-12(10-17)5-9-15/h2-9,18H,11H2,1H3. The molecule has 0 saturated heterocycles. The number of carbonyl (C=O) groups is 1. The number of nitrogens with zero attached hydrogens (tertiary/aromatic N) is 1. The van der Waals surface area contributed by atoms with Crippen LogP contribution in [-0.2, 0) is 21.3 Å². The van der Waals surface area contributed by atoms with Crippen LogP contribution in [-0.4, -0.2) is 21.5 Å². The Morgan fingerprint density at radius 3 is 2.26 bits per heavy atom. The molecule has 2 aromatic carbocycles. The second-order valence-electron chi connectivity index (χ2n) is 4.65. The lowest BCUT2D eigenvalue weighted by Crippen LogP contribution is -2.23. The molecule has 1 N–H and O–H groups in total. The van der Waals surface area contributed by atoms with Gasteiger partial charge in [0.15, 0.2) is 0 Å². The van der Waals surface area contributed by atoms with Crippen molar-refractivity contribution in [3.63, 3.8) is 0 Å². The fourth-order valence-corrected chi connectivity index (χ4v) is 2.86. The fraction of sp³-hybridized carbons (Fsp3) is 0.125. The van der Waals surface area contributed by atoms with E-state index in [1.807, 2.05) is 6.07 Å². The summed E-state index contributed by atoms with van der Waals surface area (Å²) in [4.78, 5) is 11.4. The normalized spacial score (nSPS) is 10.8. The molecule has 0 amide bonds. The van der Waals surface area contributed by atoms with Gasteiger partial charge in [-0.1, -0.05) is 12.1 Å². The first-order valence-corrected chi connectivity index (χ1v) is 8.11. The van der Waals surface area contributed by atoms with Gasteiger partial charge in [-0.2, -0.15) is 5.26 Å². The zero-order valence-corrected chi connectivity index (χ0v) is 13.1. The smallest absolute Gasteiger partial charge is 0.337 e. The molecule has 0 aromatic heterocycles. The molecule has 0 heterocycles. The van der Waals surface area contributed by atoms with E-state index >= 15 is 0 Å². The number of nitriles is 1. The first-order valence-electron chi connectivity index (χ1n) is 6.63. The van der Waals surface area contributed by atoms with Crippen molar-refractivity contribution in [2.75, 3.05) is 7.11 Å². The maximum atomic E-state index is 12.2. The van der Waals surface area contributed by atoms with Crippen molar-refractivity contribution in [1.82, 2.24) is 4.72 Å². The Hall–Kier alpha value is -2.69. The SMILES string of the molecule is COC(=O)c1ccc(CNS(=O)(=O)c2ccc(C#N)cc2)cc1. The summed E-state index contributed by atoms with van der Waals surface area (Å²) in [5.41, 5.74) is 1.49. The van der Waals surface area contributed by atoms with Gasteiger partial charge in [-0.15, -0.1) is 0 Å². The lowest BCUT2D eigenvalue weighted by molar-refractivity contribution is 0.0600. The Bertz CT molecular complexity index is 835. The van der Waals surface area contributed by atoms with Crippen LogP contribution in [0.15, 0.2) is 53.4 Å². The Labute approximate surface area is 134 Å². The minimum absolute atomic E-state index is 0.0858. The minimum atomic E-state index is -3.67. The van der Waals surface area contributed by atoms with Gasteiger partial charge in [-0.05, 0) is 42.0 Å². The van der Waals surface area contributed by atoms with Crippen molar-refractivity contribution in [3.8, 4) is 6.07 Å². The number of esters is 1. The number of carbonyl (C=O) groups excluding carboxylic acids is 1.